The molecule has 166 valence electrons. The second-order valence-corrected chi connectivity index (χ2v) is 7.19. The van der Waals surface area contributed by atoms with Crippen LogP contribution in [0.25, 0.3) is 0 Å². The summed E-state index contributed by atoms with van der Waals surface area (Å²) in [5.74, 6) is 1.37. The third-order valence-electron chi connectivity index (χ3n) is 5.18. The molecular weight excluding hydrogens is 486 g/mol. The molecule has 1 fully saturated rings. The lowest BCUT2D eigenvalue weighted by atomic mass is 9.97. The molecule has 8 heteroatoms. The topological polar surface area (TPSA) is 58.1 Å². The van der Waals surface area contributed by atoms with Crippen LogP contribution in [0.3, 0.4) is 0 Å². The van der Waals surface area contributed by atoms with E-state index in [1.807, 2.05) is 6.92 Å². The predicted octanol–water partition coefficient (Wildman–Crippen LogP) is 3.12. The number of methoxy groups -OCH3 is 1. The summed E-state index contributed by atoms with van der Waals surface area (Å²) in [4.78, 5) is 6.75. The summed E-state index contributed by atoms with van der Waals surface area (Å²) in [5.41, 5.74) is 0. The van der Waals surface area contributed by atoms with Gasteiger partial charge in [0.15, 0.2) is 17.5 Å². The summed E-state index contributed by atoms with van der Waals surface area (Å²) < 4.78 is 24.7. The first-order valence-electron chi connectivity index (χ1n) is 10.2. The van der Waals surface area contributed by atoms with E-state index in [9.17, 15) is 4.39 Å². The number of benzene rings is 1. The molecule has 1 atom stereocenters. The van der Waals surface area contributed by atoms with Crippen molar-refractivity contribution >= 4 is 29.9 Å². The minimum atomic E-state index is -0.333. The lowest BCUT2D eigenvalue weighted by Crippen LogP contribution is -2.45. The molecule has 0 aliphatic carbocycles. The molecule has 1 aliphatic rings. The highest BCUT2D eigenvalue weighted by Gasteiger charge is 2.19. The molecule has 1 heterocycles. The minimum Gasteiger partial charge on any atom is -0.486 e. The maximum absolute atomic E-state index is 13.8. The van der Waals surface area contributed by atoms with Gasteiger partial charge >= 0.3 is 0 Å². The van der Waals surface area contributed by atoms with E-state index in [1.54, 1.807) is 32.4 Å². The number of piperidine rings is 1. The molecule has 6 nitrogen and oxygen atoms in total. The minimum absolute atomic E-state index is 0. The fourth-order valence-electron chi connectivity index (χ4n) is 3.30. The van der Waals surface area contributed by atoms with Gasteiger partial charge in [-0.15, -0.1) is 24.0 Å². The Balaban J connectivity index is 0.00000420. The zero-order chi connectivity index (χ0) is 20.2. The van der Waals surface area contributed by atoms with Crippen molar-refractivity contribution in [1.29, 1.82) is 0 Å². The number of nitrogens with zero attached hydrogens (tertiary/aromatic N) is 2. The van der Waals surface area contributed by atoms with Gasteiger partial charge < -0.3 is 25.0 Å². The van der Waals surface area contributed by atoms with Crippen molar-refractivity contribution < 1.29 is 13.9 Å². The zero-order valence-corrected chi connectivity index (χ0v) is 20.2. The van der Waals surface area contributed by atoms with E-state index in [0.29, 0.717) is 18.2 Å². The van der Waals surface area contributed by atoms with Crippen LogP contribution in [0.2, 0.25) is 0 Å². The van der Waals surface area contributed by atoms with Crippen LogP contribution in [0.1, 0.15) is 26.2 Å². The number of aliphatic imine (C=N–C) groups is 1. The van der Waals surface area contributed by atoms with Crippen molar-refractivity contribution in [1.82, 2.24) is 15.5 Å². The van der Waals surface area contributed by atoms with Crippen LogP contribution in [0, 0.1) is 11.7 Å². The molecule has 1 aliphatic heterocycles. The van der Waals surface area contributed by atoms with Gasteiger partial charge in [0.2, 0.25) is 0 Å². The smallest absolute Gasteiger partial charge is 0.191 e. The van der Waals surface area contributed by atoms with Crippen LogP contribution in [-0.2, 0) is 4.74 Å². The molecule has 29 heavy (non-hydrogen) atoms. The standard InChI is InChI=1S/C21H35FN4O2.HI/c1-4-18(28-20-8-6-5-7-19(20)22)16-25-21(23-2)24-15-17-9-11-26(12-10-17)13-14-27-3;/h5-8,17-18H,4,9-16H2,1-3H3,(H2,23,24,25);1H. The number of likely N-dealkylation sites (tertiary alicyclic amines) is 1. The highest BCUT2D eigenvalue weighted by Crippen LogP contribution is 2.18. The molecule has 2 N–H and O–H groups in total. The first kappa shape index (κ1) is 25.9. The molecule has 0 spiro atoms. The molecule has 1 saturated heterocycles. The monoisotopic (exact) mass is 522 g/mol. The average Bonchev–Trinajstić information content (AvgIpc) is 2.73. The van der Waals surface area contributed by atoms with E-state index in [1.165, 1.54) is 18.9 Å². The van der Waals surface area contributed by atoms with Crippen LogP contribution in [0.15, 0.2) is 29.3 Å². The first-order valence-corrected chi connectivity index (χ1v) is 10.2. The molecule has 1 aromatic rings. The van der Waals surface area contributed by atoms with Gasteiger partial charge in [-0.3, -0.25) is 4.99 Å². The normalized spacial score (nSPS) is 16.8. The van der Waals surface area contributed by atoms with E-state index in [2.05, 4.69) is 20.5 Å². The Kier molecular flexibility index (Phi) is 13.2. The number of para-hydroxylation sites is 1. The SMILES string of the molecule is CCC(CNC(=NC)NCC1CCN(CCOC)CC1)Oc1ccccc1F.I. The highest BCUT2D eigenvalue weighted by atomic mass is 127. The number of nitrogens with one attached hydrogen (secondary N) is 2. The summed E-state index contributed by atoms with van der Waals surface area (Å²) in [7, 11) is 3.52. The van der Waals surface area contributed by atoms with Crippen LogP contribution in [0.4, 0.5) is 4.39 Å². The predicted molar refractivity (Wildman–Crippen MR) is 127 cm³/mol. The number of ether oxygens (including phenoxy) is 2. The van der Waals surface area contributed by atoms with Gasteiger partial charge in [0.05, 0.1) is 13.2 Å². The number of guanidine groups is 1. The lowest BCUT2D eigenvalue weighted by molar-refractivity contribution is 0.120. The fourth-order valence-corrected chi connectivity index (χ4v) is 3.30. The number of rotatable bonds is 10. The summed E-state index contributed by atoms with van der Waals surface area (Å²) in [6, 6.07) is 6.51. The summed E-state index contributed by atoms with van der Waals surface area (Å²) in [6.45, 7) is 7.56. The van der Waals surface area contributed by atoms with Gasteiger partial charge in [-0.1, -0.05) is 19.1 Å². The van der Waals surface area contributed by atoms with E-state index in [0.717, 1.165) is 45.2 Å². The lowest BCUT2D eigenvalue weighted by Gasteiger charge is -2.32. The van der Waals surface area contributed by atoms with Crippen molar-refractivity contribution in [2.75, 3.05) is 53.5 Å². The molecule has 0 radical (unpaired) electrons. The Labute approximate surface area is 191 Å². The van der Waals surface area contributed by atoms with Gasteiger partial charge in [0.25, 0.3) is 0 Å². The number of halogens is 2. The van der Waals surface area contributed by atoms with E-state index < -0.39 is 0 Å². The number of hydrogen-bond donors (Lipinski definition) is 2. The second kappa shape index (κ2) is 14.8. The average molecular weight is 522 g/mol. The van der Waals surface area contributed by atoms with Crippen LogP contribution in [-0.4, -0.2) is 70.5 Å². The van der Waals surface area contributed by atoms with E-state index >= 15 is 0 Å². The molecule has 2 rings (SSSR count). The molecule has 0 bridgehead atoms. The second-order valence-electron chi connectivity index (χ2n) is 7.19. The van der Waals surface area contributed by atoms with Gasteiger partial charge in [-0.05, 0) is 50.4 Å². The Morgan fingerprint density at radius 2 is 2.00 bits per heavy atom. The Morgan fingerprint density at radius 3 is 2.62 bits per heavy atom. The maximum atomic E-state index is 13.8. The van der Waals surface area contributed by atoms with Crippen LogP contribution in [0.5, 0.6) is 5.75 Å². The third-order valence-corrected chi connectivity index (χ3v) is 5.18. The molecule has 0 saturated carbocycles. The van der Waals surface area contributed by atoms with E-state index in [4.69, 9.17) is 9.47 Å². The molecule has 1 unspecified atom stereocenters. The molecule has 0 aromatic heterocycles. The summed E-state index contributed by atoms with van der Waals surface area (Å²) in [5, 5.41) is 6.72. The Hall–Kier alpha value is -1.13. The van der Waals surface area contributed by atoms with Gasteiger partial charge in [-0.25, -0.2) is 4.39 Å². The van der Waals surface area contributed by atoms with Crippen LogP contribution < -0.4 is 15.4 Å². The van der Waals surface area contributed by atoms with Gasteiger partial charge in [-0.2, -0.15) is 0 Å². The third kappa shape index (κ3) is 9.48. The zero-order valence-electron chi connectivity index (χ0n) is 17.8. The summed E-state index contributed by atoms with van der Waals surface area (Å²) >= 11 is 0. The quantitative estimate of drug-likeness (QED) is 0.281. The number of hydrogen-bond acceptors (Lipinski definition) is 4. The van der Waals surface area contributed by atoms with Crippen molar-refractivity contribution in [3.05, 3.63) is 30.1 Å². The van der Waals surface area contributed by atoms with Gasteiger partial charge in [0, 0.05) is 27.2 Å². The highest BCUT2D eigenvalue weighted by molar-refractivity contribution is 14.0. The largest absolute Gasteiger partial charge is 0.486 e. The fraction of sp³-hybridized carbons (Fsp3) is 0.667. The van der Waals surface area contributed by atoms with Crippen LogP contribution >= 0.6 is 24.0 Å². The van der Waals surface area contributed by atoms with Crippen molar-refractivity contribution in [2.45, 2.75) is 32.3 Å². The Bertz CT molecular complexity index is 598. The first-order chi connectivity index (χ1) is 13.7. The van der Waals surface area contributed by atoms with Crippen molar-refractivity contribution in [3.63, 3.8) is 0 Å². The molecular formula is C21H36FIN4O2. The molecule has 1 aromatic carbocycles. The summed E-state index contributed by atoms with van der Waals surface area (Å²) in [6.07, 6.45) is 3.02. The van der Waals surface area contributed by atoms with Crippen molar-refractivity contribution in [2.24, 2.45) is 10.9 Å². The van der Waals surface area contributed by atoms with Crippen molar-refractivity contribution in [3.8, 4) is 5.75 Å². The van der Waals surface area contributed by atoms with Gasteiger partial charge in [0.1, 0.15) is 6.10 Å². The molecule has 0 amide bonds. The maximum Gasteiger partial charge on any atom is 0.191 e. The van der Waals surface area contributed by atoms with E-state index in [-0.39, 0.29) is 35.9 Å². The Morgan fingerprint density at radius 1 is 1.28 bits per heavy atom.